The molecule has 0 aromatic rings. The van der Waals surface area contributed by atoms with Gasteiger partial charge in [-0.05, 0) is 34.1 Å². The van der Waals surface area contributed by atoms with Gasteiger partial charge in [-0.15, -0.1) is 0 Å². The molecule has 0 aromatic carbocycles. The summed E-state index contributed by atoms with van der Waals surface area (Å²) in [6, 6.07) is -0.0862. The number of carbonyl (C=O) groups excluding carboxylic acids is 2. The van der Waals surface area contributed by atoms with E-state index in [0.717, 1.165) is 0 Å². The van der Waals surface area contributed by atoms with Crippen LogP contribution >= 0.6 is 0 Å². The highest BCUT2D eigenvalue weighted by Gasteiger charge is 2.35. The van der Waals surface area contributed by atoms with E-state index >= 15 is 0 Å². The van der Waals surface area contributed by atoms with Crippen LogP contribution in [0.4, 0.5) is 4.79 Å². The molecular weight excluding hydrogens is 288 g/mol. The number of esters is 1. The topological polar surface area (TPSA) is 96.9 Å². The molecule has 1 saturated heterocycles. The van der Waals surface area contributed by atoms with E-state index in [9.17, 15) is 14.7 Å². The first-order valence-corrected chi connectivity index (χ1v) is 7.77. The molecule has 7 nitrogen and oxygen atoms in total. The molecule has 1 amide bonds. The van der Waals surface area contributed by atoms with Crippen LogP contribution in [0.25, 0.3) is 0 Å². The summed E-state index contributed by atoms with van der Waals surface area (Å²) in [7, 11) is 0. The predicted molar refractivity (Wildman–Crippen MR) is 81.4 cm³/mol. The van der Waals surface area contributed by atoms with Crippen molar-refractivity contribution in [2.75, 3.05) is 19.7 Å². The third-order valence-electron chi connectivity index (χ3n) is 3.45. The highest BCUT2D eigenvalue weighted by Crippen LogP contribution is 2.22. The molecule has 1 aliphatic heterocycles. The smallest absolute Gasteiger partial charge is 0.407 e. The van der Waals surface area contributed by atoms with Gasteiger partial charge in [0.15, 0.2) is 0 Å². The summed E-state index contributed by atoms with van der Waals surface area (Å²) in [6.45, 7) is 8.31. The van der Waals surface area contributed by atoms with Gasteiger partial charge in [-0.3, -0.25) is 4.79 Å². The normalized spacial score (nSPS) is 24.9. The Morgan fingerprint density at radius 3 is 2.64 bits per heavy atom. The first kappa shape index (κ1) is 18.7. The zero-order valence-electron chi connectivity index (χ0n) is 13.8. The van der Waals surface area contributed by atoms with Crippen molar-refractivity contribution in [3.63, 3.8) is 0 Å². The Morgan fingerprint density at radius 1 is 1.36 bits per heavy atom. The predicted octanol–water partition coefficient (Wildman–Crippen LogP) is 0.803. The van der Waals surface area contributed by atoms with Gasteiger partial charge >= 0.3 is 12.1 Å². The molecule has 1 rings (SSSR count). The van der Waals surface area contributed by atoms with Crippen LogP contribution < -0.4 is 10.6 Å². The van der Waals surface area contributed by atoms with Crippen molar-refractivity contribution in [2.45, 2.75) is 58.3 Å². The van der Waals surface area contributed by atoms with Crippen molar-refractivity contribution in [3.05, 3.63) is 0 Å². The maximum atomic E-state index is 11.7. The van der Waals surface area contributed by atoms with Crippen LogP contribution in [0.2, 0.25) is 0 Å². The van der Waals surface area contributed by atoms with Gasteiger partial charge in [0.1, 0.15) is 5.60 Å². The zero-order chi connectivity index (χ0) is 16.8. The number of carbonyl (C=O) groups is 2. The molecule has 3 atom stereocenters. The van der Waals surface area contributed by atoms with E-state index in [1.54, 1.807) is 27.7 Å². The van der Waals surface area contributed by atoms with Crippen molar-refractivity contribution in [1.82, 2.24) is 10.6 Å². The minimum Gasteiger partial charge on any atom is -0.466 e. The summed E-state index contributed by atoms with van der Waals surface area (Å²) in [4.78, 5) is 23.1. The maximum Gasteiger partial charge on any atom is 0.407 e. The van der Waals surface area contributed by atoms with Crippen molar-refractivity contribution in [3.8, 4) is 0 Å². The van der Waals surface area contributed by atoms with Crippen LogP contribution in [-0.4, -0.2) is 54.6 Å². The van der Waals surface area contributed by atoms with E-state index in [2.05, 4.69) is 10.6 Å². The summed E-state index contributed by atoms with van der Waals surface area (Å²) in [6.07, 6.45) is -0.229. The number of aliphatic hydroxyl groups is 1. The number of alkyl carbamates (subject to hydrolysis) is 1. The Labute approximate surface area is 131 Å². The summed E-state index contributed by atoms with van der Waals surface area (Å²) >= 11 is 0. The fraction of sp³-hybridized carbons (Fsp3) is 0.867. The highest BCUT2D eigenvalue weighted by molar-refractivity contribution is 5.69. The lowest BCUT2D eigenvalue weighted by atomic mass is 9.93. The van der Waals surface area contributed by atoms with Crippen molar-refractivity contribution in [2.24, 2.45) is 5.92 Å². The molecule has 1 fully saturated rings. The molecule has 22 heavy (non-hydrogen) atoms. The third kappa shape index (κ3) is 6.62. The molecule has 0 bridgehead atoms. The van der Waals surface area contributed by atoms with Gasteiger partial charge < -0.3 is 25.2 Å². The second-order valence-corrected chi connectivity index (χ2v) is 6.47. The molecule has 0 radical (unpaired) electrons. The Hall–Kier alpha value is -1.34. The fourth-order valence-corrected chi connectivity index (χ4v) is 2.49. The number of ether oxygens (including phenoxy) is 2. The van der Waals surface area contributed by atoms with Crippen molar-refractivity contribution >= 4 is 12.1 Å². The van der Waals surface area contributed by atoms with Crippen LogP contribution in [-0.2, 0) is 14.3 Å². The molecule has 1 heterocycles. The van der Waals surface area contributed by atoms with Crippen LogP contribution in [0, 0.1) is 5.92 Å². The lowest BCUT2D eigenvalue weighted by Gasteiger charge is -2.23. The number of rotatable bonds is 6. The van der Waals surface area contributed by atoms with E-state index in [1.807, 2.05) is 0 Å². The largest absolute Gasteiger partial charge is 0.466 e. The maximum absolute atomic E-state index is 11.7. The molecule has 1 unspecified atom stereocenters. The van der Waals surface area contributed by atoms with Crippen molar-refractivity contribution < 1.29 is 24.2 Å². The first-order chi connectivity index (χ1) is 10.2. The van der Waals surface area contributed by atoms with Gasteiger partial charge in [0.25, 0.3) is 0 Å². The second-order valence-electron chi connectivity index (χ2n) is 6.47. The lowest BCUT2D eigenvalue weighted by molar-refractivity contribution is -0.143. The summed E-state index contributed by atoms with van der Waals surface area (Å²) < 4.78 is 10.1. The number of amides is 1. The quantitative estimate of drug-likeness (QED) is 0.627. The Kier molecular flexibility index (Phi) is 7.09. The summed E-state index contributed by atoms with van der Waals surface area (Å²) in [5.41, 5.74) is -0.546. The molecule has 3 N–H and O–H groups in total. The summed E-state index contributed by atoms with van der Waals surface area (Å²) in [5, 5.41) is 15.8. The Morgan fingerprint density at radius 2 is 2.05 bits per heavy atom. The van der Waals surface area contributed by atoms with Gasteiger partial charge in [-0.25, -0.2) is 4.79 Å². The molecule has 0 aliphatic carbocycles. The Bertz CT molecular complexity index is 381. The number of hydrogen-bond donors (Lipinski definition) is 3. The lowest BCUT2D eigenvalue weighted by Crippen LogP contribution is -2.43. The van der Waals surface area contributed by atoms with Crippen LogP contribution in [0.1, 0.15) is 40.5 Å². The second kappa shape index (κ2) is 8.33. The number of hydrogen-bond acceptors (Lipinski definition) is 6. The average Bonchev–Trinajstić information content (AvgIpc) is 2.73. The van der Waals surface area contributed by atoms with Gasteiger partial charge in [0, 0.05) is 31.5 Å². The first-order valence-electron chi connectivity index (χ1n) is 7.77. The van der Waals surface area contributed by atoms with Crippen LogP contribution in [0.5, 0.6) is 0 Å². The SMILES string of the molecule is CCOC(=O)CCC1[C@@H](O)CN[C@@H]1CNC(=O)OC(C)(C)C. The molecule has 0 aromatic heterocycles. The molecule has 7 heteroatoms. The number of nitrogens with one attached hydrogen (secondary N) is 2. The monoisotopic (exact) mass is 316 g/mol. The molecule has 128 valence electrons. The van der Waals surface area contributed by atoms with E-state index in [0.29, 0.717) is 26.1 Å². The fourth-order valence-electron chi connectivity index (χ4n) is 2.49. The zero-order valence-corrected chi connectivity index (χ0v) is 13.8. The minimum atomic E-state index is -0.546. The Balaban J connectivity index is 2.41. The van der Waals surface area contributed by atoms with E-state index in [1.165, 1.54) is 0 Å². The minimum absolute atomic E-state index is 0.0862. The van der Waals surface area contributed by atoms with Gasteiger partial charge in [0.05, 0.1) is 12.7 Å². The number of aliphatic hydroxyl groups excluding tert-OH is 1. The summed E-state index contributed by atoms with van der Waals surface area (Å²) in [5.74, 6) is -0.361. The molecule has 0 saturated carbocycles. The van der Waals surface area contributed by atoms with Gasteiger partial charge in [-0.2, -0.15) is 0 Å². The molecular formula is C15H28N2O5. The standard InChI is InChI=1S/C15H28N2O5/c1-5-21-13(19)7-6-10-11(16-9-12(10)18)8-17-14(20)22-15(2,3)4/h10-12,16,18H,5-9H2,1-4H3,(H,17,20)/t10?,11-,12+/m1/s1. The van der Waals surface area contributed by atoms with Crippen LogP contribution in [0.3, 0.4) is 0 Å². The number of β-amino-alcohol motifs (C(OH)–C–C–N with tert-alkyl or cyclic N) is 1. The molecule has 0 spiro atoms. The van der Waals surface area contributed by atoms with Gasteiger partial charge in [0.2, 0.25) is 0 Å². The molecule has 1 aliphatic rings. The van der Waals surface area contributed by atoms with Gasteiger partial charge in [-0.1, -0.05) is 0 Å². The van der Waals surface area contributed by atoms with E-state index < -0.39 is 17.8 Å². The van der Waals surface area contributed by atoms with Crippen molar-refractivity contribution in [1.29, 1.82) is 0 Å². The van der Waals surface area contributed by atoms with E-state index in [-0.39, 0.29) is 24.3 Å². The third-order valence-corrected chi connectivity index (χ3v) is 3.45. The van der Waals surface area contributed by atoms with E-state index in [4.69, 9.17) is 9.47 Å². The highest BCUT2D eigenvalue weighted by atomic mass is 16.6. The average molecular weight is 316 g/mol. The van der Waals surface area contributed by atoms with Crippen LogP contribution in [0.15, 0.2) is 0 Å².